The van der Waals surface area contributed by atoms with Gasteiger partial charge in [-0.2, -0.15) is 36.4 Å². The Morgan fingerprint density at radius 2 is 0.688 bits per heavy atom. The zero-order chi connectivity index (χ0) is 32.4. The first-order valence-corrected chi connectivity index (χ1v) is 18.3. The van der Waals surface area contributed by atoms with Gasteiger partial charge in [-0.15, -0.1) is 0 Å². The molecule has 0 spiro atoms. The van der Waals surface area contributed by atoms with E-state index in [1.165, 1.54) is 26.5 Å². The summed E-state index contributed by atoms with van der Waals surface area (Å²) in [4.78, 5) is 0. The van der Waals surface area contributed by atoms with E-state index < -0.39 is 15.8 Å². The number of hydrogen-bond acceptors (Lipinski definition) is 1. The normalized spacial score (nSPS) is 10.5. The van der Waals surface area contributed by atoms with E-state index in [1.807, 2.05) is 103 Å². The Hall–Kier alpha value is -4.57. The molecule has 0 aromatic heterocycles. The molecule has 0 aliphatic heterocycles. The fourth-order valence-corrected chi connectivity index (χ4v) is 9.08. The van der Waals surface area contributed by atoms with Crippen molar-refractivity contribution in [3.05, 3.63) is 230 Å². The average molecular weight is 702 g/mol. The molecule has 0 radical (unpaired) electrons. The maximum absolute atomic E-state index is 10.5. The van der Waals surface area contributed by atoms with Crippen molar-refractivity contribution in [2.75, 3.05) is 0 Å². The van der Waals surface area contributed by atoms with Gasteiger partial charge in [-0.1, -0.05) is 182 Å². The van der Waals surface area contributed by atoms with Gasteiger partial charge in [-0.3, -0.25) is 0 Å². The van der Waals surface area contributed by atoms with Gasteiger partial charge in [0, 0.05) is 22.1 Å². The van der Waals surface area contributed by atoms with E-state index >= 15 is 0 Å². The minimum absolute atomic E-state index is 0. The standard InChI is InChI=1S/C20H17OP.C18H15P.C6H5.Ni/c21-20(17-10-4-1-5-11-17)16-22(18-12-6-2-7-13-18)19-14-8-3-9-15-19;1-4-10-16(11-5-1)19(17-12-6-2-7-13-17)18-14-8-3-9-15-18;1-2-4-6-5-3-1;/h1-16,21H;1-15H;1-5H;/q;;-1;/b20-16-;;;. The molecule has 1 nitrogen and oxygen atoms in total. The van der Waals surface area contributed by atoms with Gasteiger partial charge in [-0.25, -0.2) is 0 Å². The van der Waals surface area contributed by atoms with Gasteiger partial charge in [0.1, 0.15) is 5.76 Å². The molecule has 7 aromatic carbocycles. The van der Waals surface area contributed by atoms with Crippen molar-refractivity contribution in [1.82, 2.24) is 0 Å². The Morgan fingerprint density at radius 3 is 0.979 bits per heavy atom. The minimum Gasteiger partial charge on any atom is -0.507 e. The molecule has 0 aliphatic rings. The molecule has 0 fully saturated rings. The molecule has 7 rings (SSSR count). The van der Waals surface area contributed by atoms with Crippen molar-refractivity contribution in [2.45, 2.75) is 0 Å². The van der Waals surface area contributed by atoms with Crippen LogP contribution in [0.15, 0.2) is 218 Å². The smallest absolute Gasteiger partial charge is 0.123 e. The molecular weight excluding hydrogens is 665 g/mol. The molecule has 7 aromatic rings. The molecule has 48 heavy (non-hydrogen) atoms. The monoisotopic (exact) mass is 701 g/mol. The van der Waals surface area contributed by atoms with Gasteiger partial charge in [0.15, 0.2) is 0 Å². The van der Waals surface area contributed by atoms with Crippen LogP contribution in [0.25, 0.3) is 5.76 Å². The summed E-state index contributed by atoms with van der Waals surface area (Å²) in [7, 11) is -1.17. The van der Waals surface area contributed by atoms with E-state index in [0.717, 1.165) is 5.56 Å². The van der Waals surface area contributed by atoms with Gasteiger partial charge in [0.25, 0.3) is 0 Å². The summed E-state index contributed by atoms with van der Waals surface area (Å²) in [5, 5.41) is 17.1. The van der Waals surface area contributed by atoms with Crippen molar-refractivity contribution < 1.29 is 21.6 Å². The van der Waals surface area contributed by atoms with Gasteiger partial charge < -0.3 is 5.11 Å². The van der Waals surface area contributed by atoms with E-state index in [0.29, 0.717) is 5.76 Å². The molecule has 0 heterocycles. The van der Waals surface area contributed by atoms with E-state index in [-0.39, 0.29) is 16.5 Å². The molecule has 0 unspecified atom stereocenters. The predicted octanol–water partition coefficient (Wildman–Crippen LogP) is 9.60. The Morgan fingerprint density at radius 1 is 0.396 bits per heavy atom. The van der Waals surface area contributed by atoms with Crippen molar-refractivity contribution in [2.24, 2.45) is 0 Å². The van der Waals surface area contributed by atoms with Crippen LogP contribution in [0.2, 0.25) is 0 Å². The summed E-state index contributed by atoms with van der Waals surface area (Å²) in [6, 6.07) is 75.2. The third kappa shape index (κ3) is 11.3. The first-order valence-electron chi connectivity index (χ1n) is 15.5. The quantitative estimate of drug-likeness (QED) is 0.0760. The maximum atomic E-state index is 10.5. The van der Waals surface area contributed by atoms with Crippen LogP contribution in [0, 0.1) is 6.07 Å². The van der Waals surface area contributed by atoms with Gasteiger partial charge in [0.05, 0.1) is 0 Å². The Balaban J connectivity index is 0.000000183. The molecule has 0 bridgehead atoms. The van der Waals surface area contributed by atoms with E-state index in [2.05, 4.69) is 121 Å². The Kier molecular flexibility index (Phi) is 15.6. The molecular formula is C44H37NiOP2-. The SMILES string of the molecule is O/C(=C\P(c1ccccc1)c1ccccc1)c1ccccc1.[Ni].[c-]1ccccc1.c1ccc(P(c2ccccc2)c2ccccc2)cc1. The van der Waals surface area contributed by atoms with Crippen LogP contribution >= 0.6 is 15.8 Å². The topological polar surface area (TPSA) is 20.2 Å². The number of hydrogen-bond donors (Lipinski definition) is 1. The van der Waals surface area contributed by atoms with Crippen molar-refractivity contribution in [1.29, 1.82) is 0 Å². The van der Waals surface area contributed by atoms with Gasteiger partial charge >= 0.3 is 0 Å². The molecule has 1 N–H and O–H groups in total. The van der Waals surface area contributed by atoms with Crippen LogP contribution in [0.3, 0.4) is 0 Å². The Labute approximate surface area is 298 Å². The summed E-state index contributed by atoms with van der Waals surface area (Å²) in [6.45, 7) is 0. The summed E-state index contributed by atoms with van der Waals surface area (Å²) < 4.78 is 0. The summed E-state index contributed by atoms with van der Waals surface area (Å²) in [5.41, 5.74) is 0.849. The number of aliphatic hydroxyl groups excluding tert-OH is 1. The zero-order valence-electron chi connectivity index (χ0n) is 26.4. The van der Waals surface area contributed by atoms with Crippen LogP contribution in [0.4, 0.5) is 0 Å². The second-order valence-electron chi connectivity index (χ2n) is 10.3. The summed E-state index contributed by atoms with van der Waals surface area (Å²) in [5.74, 6) is 2.31. The van der Waals surface area contributed by atoms with Crippen LogP contribution in [-0.4, -0.2) is 5.11 Å². The molecule has 0 saturated carbocycles. The second kappa shape index (κ2) is 20.6. The fraction of sp³-hybridized carbons (Fsp3) is 0. The molecule has 4 heteroatoms. The van der Waals surface area contributed by atoms with Crippen molar-refractivity contribution in [3.8, 4) is 0 Å². The first-order chi connectivity index (χ1) is 23.3. The van der Waals surface area contributed by atoms with Crippen LogP contribution in [0.5, 0.6) is 0 Å². The van der Waals surface area contributed by atoms with E-state index in [4.69, 9.17) is 0 Å². The maximum Gasteiger partial charge on any atom is 0.123 e. The molecule has 0 amide bonds. The van der Waals surface area contributed by atoms with Crippen LogP contribution in [-0.2, 0) is 16.5 Å². The Bertz CT molecular complexity index is 1700. The minimum atomic E-state index is -0.726. The molecule has 240 valence electrons. The largest absolute Gasteiger partial charge is 0.507 e. The number of benzene rings is 7. The fourth-order valence-electron chi connectivity index (χ4n) is 4.80. The molecule has 0 saturated heterocycles. The second-order valence-corrected chi connectivity index (χ2v) is 14.6. The predicted molar refractivity (Wildman–Crippen MR) is 207 cm³/mol. The molecule has 0 aliphatic carbocycles. The first kappa shape index (κ1) is 36.3. The third-order valence-corrected chi connectivity index (χ3v) is 11.7. The number of aliphatic hydroxyl groups is 1. The van der Waals surface area contributed by atoms with E-state index in [9.17, 15) is 5.11 Å². The average Bonchev–Trinajstić information content (AvgIpc) is 3.17. The van der Waals surface area contributed by atoms with Crippen LogP contribution < -0.4 is 26.5 Å². The van der Waals surface area contributed by atoms with Gasteiger partial charge in [0.2, 0.25) is 0 Å². The van der Waals surface area contributed by atoms with Gasteiger partial charge in [-0.05, 0) is 48.2 Å². The summed E-state index contributed by atoms with van der Waals surface area (Å²) >= 11 is 0. The van der Waals surface area contributed by atoms with E-state index in [1.54, 1.807) is 0 Å². The number of rotatable bonds is 7. The van der Waals surface area contributed by atoms with Crippen molar-refractivity contribution in [3.63, 3.8) is 0 Å². The molecule has 0 atom stereocenters. The van der Waals surface area contributed by atoms with Crippen LogP contribution in [0.1, 0.15) is 5.56 Å². The third-order valence-electron chi connectivity index (χ3n) is 7.04. The van der Waals surface area contributed by atoms with Crippen molar-refractivity contribution >= 4 is 48.1 Å². The summed E-state index contributed by atoms with van der Waals surface area (Å²) in [6.07, 6.45) is 0. The zero-order valence-corrected chi connectivity index (χ0v) is 29.2.